The molecule has 3 aliphatic heterocycles. The number of rotatable bonds is 4. The van der Waals surface area contributed by atoms with Crippen molar-refractivity contribution in [2.45, 2.75) is 32.4 Å². The third-order valence-electron chi connectivity index (χ3n) is 5.46. The highest BCUT2D eigenvalue weighted by atomic mass is 16.6. The second-order valence-electron chi connectivity index (χ2n) is 7.67. The summed E-state index contributed by atoms with van der Waals surface area (Å²) in [5.74, 6) is 0. The van der Waals surface area contributed by atoms with E-state index in [0.29, 0.717) is 5.70 Å². The summed E-state index contributed by atoms with van der Waals surface area (Å²) in [6.45, 7) is 2.67. The van der Waals surface area contributed by atoms with E-state index in [2.05, 4.69) is 15.6 Å². The van der Waals surface area contributed by atoms with E-state index in [-0.39, 0.29) is 11.9 Å². The van der Waals surface area contributed by atoms with Gasteiger partial charge < -0.3 is 15.4 Å². The van der Waals surface area contributed by atoms with Crippen LogP contribution in [-0.2, 0) is 4.74 Å². The molecule has 1 unspecified atom stereocenters. The Balaban J connectivity index is 1.56. The van der Waals surface area contributed by atoms with E-state index in [1.54, 1.807) is 0 Å². The van der Waals surface area contributed by atoms with Crippen molar-refractivity contribution in [1.82, 2.24) is 25.4 Å². The molecule has 1 saturated heterocycles. The van der Waals surface area contributed by atoms with Crippen LogP contribution in [0.15, 0.2) is 65.9 Å². The maximum atomic E-state index is 11.2. The highest BCUT2D eigenvalue weighted by Gasteiger charge is 2.26. The Morgan fingerprint density at radius 3 is 2.87 bits per heavy atom. The number of hydrogen-bond acceptors (Lipinski definition) is 7. The summed E-state index contributed by atoms with van der Waals surface area (Å²) < 4.78 is 7.80. The second kappa shape index (κ2) is 7.84. The largest absolute Gasteiger partial charge is 0.357 e. The number of hydrogen-bond donors (Lipinski definition) is 2. The van der Waals surface area contributed by atoms with Gasteiger partial charge in [-0.05, 0) is 50.5 Å². The van der Waals surface area contributed by atoms with E-state index in [1.165, 1.54) is 12.3 Å². The molecule has 1 fully saturated rings. The van der Waals surface area contributed by atoms with Crippen molar-refractivity contribution in [2.24, 2.45) is 0 Å². The number of fused-ring (bicyclic) bond motifs is 1. The van der Waals surface area contributed by atoms with E-state index in [4.69, 9.17) is 9.84 Å². The predicted octanol–water partition coefficient (Wildman–Crippen LogP) is 3.39. The van der Waals surface area contributed by atoms with Crippen molar-refractivity contribution >= 4 is 5.70 Å². The lowest BCUT2D eigenvalue weighted by Gasteiger charge is -2.23. The van der Waals surface area contributed by atoms with Gasteiger partial charge in [-0.15, -0.1) is 0 Å². The minimum Gasteiger partial charge on any atom is -0.357 e. The van der Waals surface area contributed by atoms with Crippen LogP contribution in [0.5, 0.6) is 0 Å². The summed E-state index contributed by atoms with van der Waals surface area (Å²) in [7, 11) is 0. The summed E-state index contributed by atoms with van der Waals surface area (Å²) in [6.07, 6.45) is 11.7. The number of nitro groups is 1. The summed E-state index contributed by atoms with van der Waals surface area (Å²) >= 11 is 0. The Morgan fingerprint density at radius 1 is 1.23 bits per heavy atom. The van der Waals surface area contributed by atoms with Gasteiger partial charge in [0, 0.05) is 35.8 Å². The fourth-order valence-electron chi connectivity index (χ4n) is 3.89. The number of ether oxygens (including phenoxy) is 1. The smallest absolute Gasteiger partial charge is 0.287 e. The lowest BCUT2D eigenvalue weighted by molar-refractivity contribution is -0.419. The second-order valence-corrected chi connectivity index (χ2v) is 7.67. The molecule has 2 aromatic heterocycles. The summed E-state index contributed by atoms with van der Waals surface area (Å²) in [5.41, 5.74) is 5.46. The zero-order valence-corrected chi connectivity index (χ0v) is 17.0. The van der Waals surface area contributed by atoms with Gasteiger partial charge in [-0.25, -0.2) is 4.68 Å². The van der Waals surface area contributed by atoms with E-state index < -0.39 is 4.92 Å². The molecule has 158 valence electrons. The first-order chi connectivity index (χ1) is 15.1. The van der Waals surface area contributed by atoms with E-state index in [1.807, 2.05) is 48.2 Å². The van der Waals surface area contributed by atoms with Crippen LogP contribution in [0.3, 0.4) is 0 Å². The van der Waals surface area contributed by atoms with Gasteiger partial charge in [-0.1, -0.05) is 6.07 Å². The molecule has 31 heavy (non-hydrogen) atoms. The number of aromatic nitrogens is 3. The summed E-state index contributed by atoms with van der Waals surface area (Å²) in [6, 6.07) is 5.84. The molecule has 9 heteroatoms. The highest BCUT2D eigenvalue weighted by molar-refractivity contribution is 5.80. The first kappa shape index (κ1) is 19.3. The van der Waals surface area contributed by atoms with Crippen LogP contribution in [0.25, 0.3) is 17.1 Å². The first-order valence-electron chi connectivity index (χ1n) is 10.3. The molecule has 5 heterocycles. The van der Waals surface area contributed by atoms with Crippen molar-refractivity contribution in [3.8, 4) is 11.4 Å². The number of nitrogens with zero attached hydrogens (tertiary/aromatic N) is 4. The van der Waals surface area contributed by atoms with E-state index in [0.717, 1.165) is 59.9 Å². The van der Waals surface area contributed by atoms with Gasteiger partial charge in [0.2, 0.25) is 0 Å². The molecule has 0 aliphatic carbocycles. The van der Waals surface area contributed by atoms with Crippen molar-refractivity contribution in [3.63, 3.8) is 0 Å². The highest BCUT2D eigenvalue weighted by Crippen LogP contribution is 2.32. The molecule has 0 amide bonds. The van der Waals surface area contributed by atoms with Gasteiger partial charge in [0.25, 0.3) is 5.70 Å². The Hall–Kier alpha value is -3.72. The van der Waals surface area contributed by atoms with E-state index in [9.17, 15) is 10.1 Å². The maximum Gasteiger partial charge on any atom is 0.287 e. The molecule has 2 N–H and O–H groups in total. The Morgan fingerprint density at radius 2 is 2.10 bits per heavy atom. The van der Waals surface area contributed by atoms with Crippen LogP contribution < -0.4 is 10.6 Å². The Bertz CT molecular complexity index is 1170. The molecule has 1 atom stereocenters. The van der Waals surface area contributed by atoms with Gasteiger partial charge in [0.15, 0.2) is 0 Å². The number of allylic oxidation sites excluding steroid dienone is 3. The SMILES string of the molecule is Cc1cccc(-c2nn(C3CCCCO3)cc2C2=CC=C3NC=C([N+](=O)[O-])C=C3N2)n1. The summed E-state index contributed by atoms with van der Waals surface area (Å²) in [4.78, 5) is 15.4. The number of nitrogens with one attached hydrogen (secondary N) is 2. The van der Waals surface area contributed by atoms with Crippen LogP contribution in [-0.4, -0.2) is 26.3 Å². The van der Waals surface area contributed by atoms with Crippen LogP contribution in [0.1, 0.15) is 36.7 Å². The Kier molecular flexibility index (Phi) is 4.87. The normalized spacial score (nSPS) is 20.4. The van der Waals surface area contributed by atoms with Crippen LogP contribution in [0, 0.1) is 17.0 Å². The molecule has 9 nitrogen and oxygen atoms in total. The molecule has 0 saturated carbocycles. The fraction of sp³-hybridized carbons (Fsp3) is 0.273. The van der Waals surface area contributed by atoms with Crippen LogP contribution in [0.2, 0.25) is 0 Å². The zero-order chi connectivity index (χ0) is 21.4. The average molecular weight is 418 g/mol. The van der Waals surface area contributed by atoms with Crippen molar-refractivity contribution in [1.29, 1.82) is 0 Å². The number of dihydropyridines is 2. The lowest BCUT2D eigenvalue weighted by Crippen LogP contribution is -2.26. The van der Waals surface area contributed by atoms with Crippen molar-refractivity contribution in [2.75, 3.05) is 6.61 Å². The molecule has 0 bridgehead atoms. The third-order valence-corrected chi connectivity index (χ3v) is 5.46. The van der Waals surface area contributed by atoms with Gasteiger partial charge in [0.1, 0.15) is 11.9 Å². The molecular weight excluding hydrogens is 396 g/mol. The molecule has 0 aromatic carbocycles. The third kappa shape index (κ3) is 3.75. The van der Waals surface area contributed by atoms with Crippen molar-refractivity contribution < 1.29 is 9.66 Å². The lowest BCUT2D eigenvalue weighted by atomic mass is 10.0. The standard InChI is InChI=1S/C22H22N6O3/c1-14-5-4-6-19(24-14)22-16(13-27(26-22)21-7-2-3-10-31-21)17-8-9-18-20(25-17)11-15(12-23-18)28(29)30/h4-6,8-9,11-13,21,23,25H,2-3,7,10H2,1H3. The van der Waals surface area contributed by atoms with Gasteiger partial charge in [0.05, 0.1) is 28.2 Å². The van der Waals surface area contributed by atoms with Gasteiger partial charge >= 0.3 is 0 Å². The topological polar surface area (TPSA) is 107 Å². The molecular formula is C22H22N6O3. The van der Waals surface area contributed by atoms with Crippen LogP contribution >= 0.6 is 0 Å². The zero-order valence-electron chi connectivity index (χ0n) is 17.0. The van der Waals surface area contributed by atoms with Crippen LogP contribution in [0.4, 0.5) is 0 Å². The minimum atomic E-state index is -0.420. The van der Waals surface area contributed by atoms with Crippen molar-refractivity contribution in [3.05, 3.63) is 87.3 Å². The van der Waals surface area contributed by atoms with Gasteiger partial charge in [-0.2, -0.15) is 5.10 Å². The minimum absolute atomic E-state index is 0.00669. The fourth-order valence-corrected chi connectivity index (χ4v) is 3.89. The average Bonchev–Trinajstić information content (AvgIpc) is 3.24. The number of aryl methyl sites for hydroxylation is 1. The first-order valence-corrected chi connectivity index (χ1v) is 10.3. The monoisotopic (exact) mass is 418 g/mol. The summed E-state index contributed by atoms with van der Waals surface area (Å²) in [5, 5.41) is 22.3. The molecule has 0 spiro atoms. The number of pyridine rings is 1. The molecule has 0 radical (unpaired) electrons. The quantitative estimate of drug-likeness (QED) is 0.579. The van der Waals surface area contributed by atoms with E-state index >= 15 is 0 Å². The molecule has 5 rings (SSSR count). The molecule has 3 aliphatic rings. The van der Waals surface area contributed by atoms with Gasteiger partial charge in [-0.3, -0.25) is 15.1 Å². The predicted molar refractivity (Wildman–Crippen MR) is 115 cm³/mol. The maximum absolute atomic E-state index is 11.2. The molecule has 2 aromatic rings. The Labute approximate surface area is 179 Å².